The van der Waals surface area contributed by atoms with Gasteiger partial charge in [0.2, 0.25) is 0 Å². The Morgan fingerprint density at radius 2 is 1.65 bits per heavy atom. The maximum Gasteiger partial charge on any atom is 0.264 e. The second-order valence-electron chi connectivity index (χ2n) is 7.82. The Kier molecular flexibility index (Phi) is 7.07. The van der Waals surface area contributed by atoms with Crippen molar-refractivity contribution in [2.45, 2.75) is 31.6 Å². The molecule has 3 aromatic carbocycles. The minimum atomic E-state index is -3.70. The smallest absolute Gasteiger partial charge is 0.264 e. The van der Waals surface area contributed by atoms with Crippen LogP contribution in [0.1, 0.15) is 36.2 Å². The first-order valence-corrected chi connectivity index (χ1v) is 12.8. The number of hydrogen-bond acceptors (Lipinski definition) is 5. The van der Waals surface area contributed by atoms with Crippen LogP contribution < -0.4 is 19.1 Å². The molecule has 0 aliphatic carbocycles. The van der Waals surface area contributed by atoms with Gasteiger partial charge in [0.05, 0.1) is 23.8 Å². The van der Waals surface area contributed by atoms with Crippen LogP contribution in [-0.2, 0) is 16.4 Å². The minimum Gasteiger partial charge on any atom is -0.490 e. The van der Waals surface area contributed by atoms with Crippen molar-refractivity contribution in [2.24, 2.45) is 0 Å². The van der Waals surface area contributed by atoms with E-state index in [1.54, 1.807) is 30.3 Å². The number of nitrogens with one attached hydrogen (secondary N) is 1. The first-order valence-electron chi connectivity index (χ1n) is 11.4. The van der Waals surface area contributed by atoms with Gasteiger partial charge in [-0.3, -0.25) is 9.10 Å². The van der Waals surface area contributed by atoms with Crippen molar-refractivity contribution < 1.29 is 22.7 Å². The summed E-state index contributed by atoms with van der Waals surface area (Å²) in [5.74, 6) is 0.750. The number of sulfonamides is 1. The maximum atomic E-state index is 13.3. The Balaban J connectivity index is 1.51. The molecule has 1 heterocycles. The lowest BCUT2D eigenvalue weighted by molar-refractivity contribution is 0.102. The number of hydrogen-bond donors (Lipinski definition) is 1. The standard InChI is InChI=1S/C26H28N2O5S/c1-3-32-24-16-11-20(18-25(24)33-4-2)26(29)27-21-12-14-22(15-13-21)34(30,31)28-17-7-9-19-8-5-6-10-23(19)28/h5-6,8,10-16,18H,3-4,7,9,17H2,1-2H3,(H,27,29). The molecular weight excluding hydrogens is 452 g/mol. The predicted molar refractivity (Wildman–Crippen MR) is 132 cm³/mol. The number of ether oxygens (including phenoxy) is 2. The first-order chi connectivity index (χ1) is 16.4. The zero-order valence-corrected chi connectivity index (χ0v) is 20.1. The van der Waals surface area contributed by atoms with Gasteiger partial charge in [0.15, 0.2) is 11.5 Å². The molecule has 0 aromatic heterocycles. The molecule has 7 nitrogen and oxygen atoms in total. The molecule has 0 atom stereocenters. The van der Waals surface area contributed by atoms with Gasteiger partial charge in [0.25, 0.3) is 15.9 Å². The molecule has 1 aliphatic rings. The van der Waals surface area contributed by atoms with Crippen LogP contribution in [0.4, 0.5) is 11.4 Å². The highest BCUT2D eigenvalue weighted by molar-refractivity contribution is 7.92. The number of anilines is 2. The molecule has 0 spiro atoms. The number of para-hydroxylation sites is 1. The highest BCUT2D eigenvalue weighted by atomic mass is 32.2. The van der Waals surface area contributed by atoms with Gasteiger partial charge in [-0.1, -0.05) is 18.2 Å². The number of rotatable bonds is 8. The van der Waals surface area contributed by atoms with Gasteiger partial charge in [0.1, 0.15) is 0 Å². The van der Waals surface area contributed by atoms with Gasteiger partial charge in [-0.05, 0) is 80.8 Å². The molecule has 34 heavy (non-hydrogen) atoms. The summed E-state index contributed by atoms with van der Waals surface area (Å²) in [5, 5.41) is 2.81. The van der Waals surface area contributed by atoms with E-state index in [2.05, 4.69) is 5.32 Å². The maximum absolute atomic E-state index is 13.3. The second-order valence-corrected chi connectivity index (χ2v) is 9.68. The van der Waals surface area contributed by atoms with Crippen LogP contribution in [0, 0.1) is 0 Å². The van der Waals surface area contributed by atoms with Gasteiger partial charge < -0.3 is 14.8 Å². The number of fused-ring (bicyclic) bond motifs is 1. The first kappa shape index (κ1) is 23.6. The molecule has 1 aliphatic heterocycles. The molecule has 0 saturated carbocycles. The quantitative estimate of drug-likeness (QED) is 0.497. The zero-order valence-electron chi connectivity index (χ0n) is 19.3. The zero-order chi connectivity index (χ0) is 24.1. The average Bonchev–Trinajstić information content (AvgIpc) is 2.85. The van der Waals surface area contributed by atoms with Crippen LogP contribution in [0.3, 0.4) is 0 Å². The van der Waals surface area contributed by atoms with Crippen LogP contribution in [-0.4, -0.2) is 34.1 Å². The van der Waals surface area contributed by atoms with Crippen LogP contribution in [0.25, 0.3) is 0 Å². The summed E-state index contributed by atoms with van der Waals surface area (Å²) in [4.78, 5) is 13.0. The molecule has 0 saturated heterocycles. The van der Waals surface area contributed by atoms with Crippen molar-refractivity contribution in [2.75, 3.05) is 29.4 Å². The molecular formula is C26H28N2O5S. The number of amides is 1. The van der Waals surface area contributed by atoms with Gasteiger partial charge in [-0.25, -0.2) is 8.42 Å². The Bertz CT molecular complexity index is 1270. The monoisotopic (exact) mass is 480 g/mol. The third kappa shape index (κ3) is 4.87. The van der Waals surface area contributed by atoms with Crippen LogP contribution in [0.2, 0.25) is 0 Å². The third-order valence-electron chi connectivity index (χ3n) is 5.57. The van der Waals surface area contributed by atoms with Gasteiger partial charge in [0, 0.05) is 17.8 Å². The molecule has 8 heteroatoms. The van der Waals surface area contributed by atoms with Crippen LogP contribution in [0.5, 0.6) is 11.5 Å². The van der Waals surface area contributed by atoms with E-state index < -0.39 is 10.0 Å². The molecule has 0 radical (unpaired) electrons. The molecule has 3 aromatic rings. The molecule has 1 amide bonds. The number of carbonyl (C=O) groups excluding carboxylic acids is 1. The summed E-state index contributed by atoms with van der Waals surface area (Å²) in [6.07, 6.45) is 1.64. The van der Waals surface area contributed by atoms with Gasteiger partial charge in [-0.2, -0.15) is 0 Å². The highest BCUT2D eigenvalue weighted by Gasteiger charge is 2.28. The minimum absolute atomic E-state index is 0.182. The molecule has 178 valence electrons. The molecule has 1 N–H and O–H groups in total. The Morgan fingerprint density at radius 1 is 0.941 bits per heavy atom. The fourth-order valence-corrected chi connectivity index (χ4v) is 5.52. The van der Waals surface area contributed by atoms with E-state index in [9.17, 15) is 13.2 Å². The lowest BCUT2D eigenvalue weighted by Gasteiger charge is -2.30. The van der Waals surface area contributed by atoms with E-state index in [-0.39, 0.29) is 10.8 Å². The lowest BCUT2D eigenvalue weighted by Crippen LogP contribution is -2.35. The van der Waals surface area contributed by atoms with Gasteiger partial charge >= 0.3 is 0 Å². The van der Waals surface area contributed by atoms with E-state index in [0.717, 1.165) is 24.1 Å². The summed E-state index contributed by atoms with van der Waals surface area (Å²) in [5.41, 5.74) is 2.66. The van der Waals surface area contributed by atoms with Crippen molar-refractivity contribution in [3.63, 3.8) is 0 Å². The Hall–Kier alpha value is -3.52. The summed E-state index contributed by atoms with van der Waals surface area (Å²) < 4.78 is 39.2. The van der Waals surface area contributed by atoms with Crippen molar-refractivity contribution in [3.8, 4) is 11.5 Å². The largest absolute Gasteiger partial charge is 0.490 e. The number of nitrogens with zero attached hydrogens (tertiary/aromatic N) is 1. The topological polar surface area (TPSA) is 84.9 Å². The molecule has 4 rings (SSSR count). The molecule has 0 unspecified atom stereocenters. The van der Waals surface area contributed by atoms with Crippen molar-refractivity contribution in [3.05, 3.63) is 77.9 Å². The normalized spacial score (nSPS) is 13.2. The highest BCUT2D eigenvalue weighted by Crippen LogP contribution is 2.32. The number of benzene rings is 3. The SMILES string of the molecule is CCOc1ccc(C(=O)Nc2ccc(S(=O)(=O)N3CCCc4ccccc43)cc2)cc1OCC. The number of carbonyl (C=O) groups is 1. The van der Waals surface area contributed by atoms with E-state index in [0.29, 0.717) is 42.5 Å². The van der Waals surface area contributed by atoms with Crippen LogP contribution >= 0.6 is 0 Å². The van der Waals surface area contributed by atoms with Crippen molar-refractivity contribution >= 4 is 27.3 Å². The molecule has 0 bridgehead atoms. The van der Waals surface area contributed by atoms with Crippen molar-refractivity contribution in [1.29, 1.82) is 0 Å². The third-order valence-corrected chi connectivity index (χ3v) is 7.40. The number of aryl methyl sites for hydroxylation is 1. The summed E-state index contributed by atoms with van der Waals surface area (Å²) in [6.45, 7) is 5.12. The molecule has 0 fully saturated rings. The van der Waals surface area contributed by atoms with E-state index in [4.69, 9.17) is 9.47 Å². The lowest BCUT2D eigenvalue weighted by atomic mass is 10.0. The summed E-state index contributed by atoms with van der Waals surface area (Å²) in [7, 11) is -3.70. The van der Waals surface area contributed by atoms with E-state index >= 15 is 0 Å². The average molecular weight is 481 g/mol. The van der Waals surface area contributed by atoms with E-state index in [1.165, 1.54) is 16.4 Å². The van der Waals surface area contributed by atoms with E-state index in [1.807, 2.05) is 38.1 Å². The van der Waals surface area contributed by atoms with Crippen molar-refractivity contribution in [1.82, 2.24) is 0 Å². The summed E-state index contributed by atoms with van der Waals surface area (Å²) in [6, 6.07) is 18.8. The fourth-order valence-electron chi connectivity index (χ4n) is 3.98. The predicted octanol–water partition coefficient (Wildman–Crippen LogP) is 4.88. The fraction of sp³-hybridized carbons (Fsp3) is 0.269. The Labute approximate surface area is 200 Å². The Morgan fingerprint density at radius 3 is 2.38 bits per heavy atom. The van der Waals surface area contributed by atoms with Crippen LogP contribution in [0.15, 0.2) is 71.6 Å². The summed E-state index contributed by atoms with van der Waals surface area (Å²) >= 11 is 0. The van der Waals surface area contributed by atoms with Gasteiger partial charge in [-0.15, -0.1) is 0 Å². The second kappa shape index (κ2) is 10.2.